The van der Waals surface area contributed by atoms with Gasteiger partial charge >= 0.3 is 5.97 Å². The number of esters is 1. The van der Waals surface area contributed by atoms with E-state index < -0.39 is 0 Å². The summed E-state index contributed by atoms with van der Waals surface area (Å²) in [6.07, 6.45) is 8.33. The van der Waals surface area contributed by atoms with Crippen LogP contribution in [-0.4, -0.2) is 12.6 Å². The van der Waals surface area contributed by atoms with Gasteiger partial charge in [-0.25, -0.2) is 4.79 Å². The lowest BCUT2D eigenvalue weighted by Gasteiger charge is -2.09. The van der Waals surface area contributed by atoms with E-state index in [1.54, 1.807) is 24.3 Å². The van der Waals surface area contributed by atoms with Crippen molar-refractivity contribution < 1.29 is 9.53 Å². The lowest BCUT2D eigenvalue weighted by molar-refractivity contribution is -0.138. The summed E-state index contributed by atoms with van der Waals surface area (Å²) in [6, 6.07) is 5.13. The molecule has 0 heterocycles. The molecule has 0 radical (unpaired) electrons. The van der Waals surface area contributed by atoms with Crippen molar-refractivity contribution in [3.8, 4) is 0 Å². The molecular formula is C19H24Cl2O2. The van der Waals surface area contributed by atoms with Gasteiger partial charge in [-0.2, -0.15) is 0 Å². The largest absolute Gasteiger partial charge is 0.463 e. The van der Waals surface area contributed by atoms with Gasteiger partial charge in [-0.3, -0.25) is 0 Å². The van der Waals surface area contributed by atoms with Crippen molar-refractivity contribution in [2.45, 2.75) is 40.0 Å². The number of hydrogen-bond acceptors (Lipinski definition) is 2. The van der Waals surface area contributed by atoms with Gasteiger partial charge in [-0.1, -0.05) is 47.8 Å². The fraction of sp³-hybridized carbons (Fsp3) is 0.421. The van der Waals surface area contributed by atoms with Crippen molar-refractivity contribution >= 4 is 35.2 Å². The summed E-state index contributed by atoms with van der Waals surface area (Å²) in [4.78, 5) is 11.7. The Kier molecular flexibility index (Phi) is 9.05. The van der Waals surface area contributed by atoms with Crippen molar-refractivity contribution in [3.05, 3.63) is 51.5 Å². The zero-order valence-corrected chi connectivity index (χ0v) is 15.5. The van der Waals surface area contributed by atoms with Crippen molar-refractivity contribution in [2.24, 2.45) is 5.92 Å². The average molecular weight is 355 g/mol. The Morgan fingerprint density at radius 1 is 1.26 bits per heavy atom. The van der Waals surface area contributed by atoms with Crippen LogP contribution in [-0.2, 0) is 9.53 Å². The molecule has 1 rings (SSSR count). The number of halogens is 2. The first-order chi connectivity index (χ1) is 10.9. The first-order valence-corrected chi connectivity index (χ1v) is 8.57. The van der Waals surface area contributed by atoms with E-state index in [1.807, 2.05) is 0 Å². The van der Waals surface area contributed by atoms with E-state index >= 15 is 0 Å². The van der Waals surface area contributed by atoms with E-state index in [2.05, 4.69) is 26.8 Å². The van der Waals surface area contributed by atoms with Crippen LogP contribution >= 0.6 is 23.2 Å². The number of carbonyl (C=O) groups is 1. The molecule has 0 aliphatic carbocycles. The van der Waals surface area contributed by atoms with Crippen molar-refractivity contribution in [1.82, 2.24) is 0 Å². The van der Waals surface area contributed by atoms with E-state index in [9.17, 15) is 4.79 Å². The Morgan fingerprint density at radius 2 is 2.00 bits per heavy atom. The molecule has 0 aliphatic heterocycles. The normalized spacial score (nSPS) is 12.2. The summed E-state index contributed by atoms with van der Waals surface area (Å²) in [6.45, 7) is 6.82. The Hall–Kier alpha value is -1.25. The second-order valence-electron chi connectivity index (χ2n) is 5.92. The molecule has 0 fully saturated rings. The predicted octanol–water partition coefficient (Wildman–Crippen LogP) is 6.32. The topological polar surface area (TPSA) is 26.3 Å². The van der Waals surface area contributed by atoms with E-state index in [-0.39, 0.29) is 5.97 Å². The third kappa shape index (κ3) is 8.83. The molecule has 23 heavy (non-hydrogen) atoms. The molecule has 0 aromatic heterocycles. The van der Waals surface area contributed by atoms with Gasteiger partial charge in [0.15, 0.2) is 0 Å². The number of rotatable bonds is 8. The Balaban J connectivity index is 2.31. The van der Waals surface area contributed by atoms with Gasteiger partial charge < -0.3 is 4.74 Å². The number of benzene rings is 1. The van der Waals surface area contributed by atoms with Gasteiger partial charge in [0.05, 0.1) is 6.61 Å². The zero-order valence-electron chi connectivity index (χ0n) is 13.9. The first kappa shape index (κ1) is 19.8. The summed E-state index contributed by atoms with van der Waals surface area (Å²) < 4.78 is 5.22. The van der Waals surface area contributed by atoms with Crippen LogP contribution in [0.1, 0.15) is 45.6 Å². The fourth-order valence-electron chi connectivity index (χ4n) is 2.00. The molecule has 1 aromatic rings. The lowest BCUT2D eigenvalue weighted by Crippen LogP contribution is -2.06. The number of ether oxygens (including phenoxy) is 1. The van der Waals surface area contributed by atoms with Crippen LogP contribution in [0.4, 0.5) is 0 Å². The van der Waals surface area contributed by atoms with Crippen LogP contribution in [0.15, 0.2) is 35.9 Å². The van der Waals surface area contributed by atoms with Crippen LogP contribution in [0.25, 0.3) is 6.08 Å². The maximum absolute atomic E-state index is 11.7. The average Bonchev–Trinajstić information content (AvgIpc) is 2.46. The van der Waals surface area contributed by atoms with Gasteiger partial charge in [-0.15, -0.1) is 0 Å². The first-order valence-electron chi connectivity index (χ1n) is 7.81. The second kappa shape index (κ2) is 10.5. The highest BCUT2D eigenvalue weighted by molar-refractivity contribution is 6.35. The molecule has 0 bridgehead atoms. The predicted molar refractivity (Wildman–Crippen MR) is 98.9 cm³/mol. The molecule has 1 aromatic carbocycles. The Morgan fingerprint density at radius 3 is 2.65 bits per heavy atom. The van der Waals surface area contributed by atoms with E-state index in [1.165, 1.54) is 11.6 Å². The van der Waals surface area contributed by atoms with Crippen LogP contribution < -0.4 is 0 Å². The molecular weight excluding hydrogens is 331 g/mol. The highest BCUT2D eigenvalue weighted by atomic mass is 35.5. The summed E-state index contributed by atoms with van der Waals surface area (Å²) in [5, 5.41) is 1.08. The van der Waals surface area contributed by atoms with Crippen molar-refractivity contribution in [1.29, 1.82) is 0 Å². The molecule has 0 N–H and O–H groups in total. The summed E-state index contributed by atoms with van der Waals surface area (Å²) >= 11 is 11.9. The van der Waals surface area contributed by atoms with E-state index in [4.69, 9.17) is 27.9 Å². The minimum absolute atomic E-state index is 0.354. The molecule has 0 aliphatic rings. The zero-order chi connectivity index (χ0) is 17.2. The quantitative estimate of drug-likeness (QED) is 0.310. The Bertz CT molecular complexity index is 573. The van der Waals surface area contributed by atoms with Crippen LogP contribution in [0.2, 0.25) is 10.0 Å². The van der Waals surface area contributed by atoms with Crippen LogP contribution in [0, 0.1) is 5.92 Å². The maximum atomic E-state index is 11.7. The second-order valence-corrected chi connectivity index (χ2v) is 6.76. The van der Waals surface area contributed by atoms with Crippen LogP contribution in [0.3, 0.4) is 0 Å². The fourth-order valence-corrected chi connectivity index (χ4v) is 2.48. The van der Waals surface area contributed by atoms with Gasteiger partial charge in [0.2, 0.25) is 0 Å². The maximum Gasteiger partial charge on any atom is 0.330 e. The van der Waals surface area contributed by atoms with E-state index in [0.29, 0.717) is 22.6 Å². The molecule has 1 atom stereocenters. The summed E-state index contributed by atoms with van der Waals surface area (Å²) in [5.41, 5.74) is 2.08. The molecule has 0 saturated heterocycles. The van der Waals surface area contributed by atoms with Gasteiger partial charge in [0.1, 0.15) is 0 Å². The van der Waals surface area contributed by atoms with E-state index in [0.717, 1.165) is 24.8 Å². The molecule has 1 unspecified atom stereocenters. The van der Waals surface area contributed by atoms with Crippen LogP contribution in [0.5, 0.6) is 0 Å². The molecule has 0 amide bonds. The highest BCUT2D eigenvalue weighted by Gasteiger charge is 2.04. The van der Waals surface area contributed by atoms with Gasteiger partial charge in [0.25, 0.3) is 0 Å². The lowest BCUT2D eigenvalue weighted by atomic mass is 10.0. The van der Waals surface area contributed by atoms with Gasteiger partial charge in [0, 0.05) is 16.1 Å². The van der Waals surface area contributed by atoms with Gasteiger partial charge in [-0.05, 0) is 62.8 Å². The monoisotopic (exact) mass is 354 g/mol. The molecule has 4 heteroatoms. The minimum Gasteiger partial charge on any atom is -0.463 e. The minimum atomic E-state index is -0.354. The number of allylic oxidation sites excluding steroid dienone is 2. The standard InChI is InChI=1S/C19H24Cl2O2/c1-14(2)5-4-6-15(3)11-12-23-19(22)10-8-16-7-9-17(20)13-18(16)21/h5,7-10,13,15H,4,6,11-12H2,1-3H3/b10-8+. The molecule has 126 valence electrons. The molecule has 0 spiro atoms. The SMILES string of the molecule is CC(C)=CCCC(C)CCOC(=O)/C=C/c1ccc(Cl)cc1Cl. The smallest absolute Gasteiger partial charge is 0.330 e. The third-order valence-electron chi connectivity index (χ3n) is 3.43. The van der Waals surface area contributed by atoms with Crippen molar-refractivity contribution in [3.63, 3.8) is 0 Å². The number of hydrogen-bond donors (Lipinski definition) is 0. The summed E-state index contributed by atoms with van der Waals surface area (Å²) in [7, 11) is 0. The molecule has 0 saturated carbocycles. The van der Waals surface area contributed by atoms with Crippen molar-refractivity contribution in [2.75, 3.05) is 6.61 Å². The summed E-state index contributed by atoms with van der Waals surface area (Å²) in [5.74, 6) is 0.181. The Labute approximate surface area is 149 Å². The highest BCUT2D eigenvalue weighted by Crippen LogP contribution is 2.22. The molecule has 2 nitrogen and oxygen atoms in total. The third-order valence-corrected chi connectivity index (χ3v) is 3.99. The number of carbonyl (C=O) groups excluding carboxylic acids is 1.